The van der Waals surface area contributed by atoms with Crippen molar-refractivity contribution >= 4 is 31.3 Å². The Labute approximate surface area is 231 Å². The Bertz CT molecular complexity index is 319. The SMILES string of the molecule is O=P([O-])([O-])[O-].O=P([O-])([O-])[O-].O=P([O-])([O-])[O-].O=P([O-])([O-])[O-].[H-].[H-].[H-].[Li+].[Li+].[Li+].[Ti+4].[Ti+4].[Ti+4]. The van der Waals surface area contributed by atoms with E-state index in [1.807, 2.05) is 0 Å². The van der Waals surface area contributed by atoms with Gasteiger partial charge in [-0.05, 0) is 0 Å². The molecule has 26 heavy (non-hydrogen) atoms. The summed E-state index contributed by atoms with van der Waals surface area (Å²) in [6, 6.07) is 0. The molecule has 134 valence electrons. The van der Waals surface area contributed by atoms with Gasteiger partial charge in [0.1, 0.15) is 0 Å². The van der Waals surface area contributed by atoms with Crippen molar-refractivity contribution < 1.29 is 203 Å². The predicted octanol–water partition coefficient (Wildman–Crippen LogP) is -20.0. The molecule has 0 radical (unpaired) electrons. The second-order valence-electron chi connectivity index (χ2n) is 1.79. The fourth-order valence-corrected chi connectivity index (χ4v) is 0. The largest absolute Gasteiger partial charge is 4.00 e. The van der Waals surface area contributed by atoms with E-state index >= 15 is 0 Å². The zero-order valence-electron chi connectivity index (χ0n) is 15.8. The van der Waals surface area contributed by atoms with Crippen molar-refractivity contribution in [3.63, 3.8) is 0 Å². The molecular formula is H3Li3O16P4Ti3. The first-order valence-electron chi connectivity index (χ1n) is 2.92. The standard InChI is InChI=1S/3Li.4H3O4P.3Ti.3H/c;;;4*1-5(2,3)4;;;;;;/h;;;4*(H3,1,2,3,4);;;;;;/q3*+1;;;;;3*+4;3*-1/p-12. The van der Waals surface area contributed by atoms with Crippen molar-refractivity contribution in [1.29, 1.82) is 0 Å². The molecule has 0 amide bonds. The third kappa shape index (κ3) is 1110. The molecule has 0 saturated carbocycles. The van der Waals surface area contributed by atoms with Crippen LogP contribution in [0.5, 0.6) is 0 Å². The molecular weight excluding hydrogens is 544 g/mol. The van der Waals surface area contributed by atoms with Gasteiger partial charge in [-0.25, -0.2) is 0 Å². The van der Waals surface area contributed by atoms with Crippen LogP contribution in [0.2, 0.25) is 0 Å². The summed E-state index contributed by atoms with van der Waals surface area (Å²) in [6.07, 6.45) is 0. The van der Waals surface area contributed by atoms with Gasteiger partial charge in [0.25, 0.3) is 0 Å². The van der Waals surface area contributed by atoms with Crippen molar-refractivity contribution in [2.45, 2.75) is 0 Å². The second-order valence-corrected chi connectivity index (χ2v) is 5.37. The molecule has 0 heterocycles. The maximum absolute atomic E-state index is 8.55. The third-order valence-electron chi connectivity index (χ3n) is 0. The van der Waals surface area contributed by atoms with E-state index < -0.39 is 31.3 Å². The minimum atomic E-state index is -5.39. The minimum Gasteiger partial charge on any atom is -1.00 e. The first-order chi connectivity index (χ1) is 8.00. The van der Waals surface area contributed by atoms with Crippen LogP contribution in [-0.4, -0.2) is 0 Å². The Balaban J connectivity index is -0.00000000970. The van der Waals surface area contributed by atoms with Gasteiger partial charge >= 0.3 is 122 Å². The fourth-order valence-electron chi connectivity index (χ4n) is 0. The van der Waals surface area contributed by atoms with Gasteiger partial charge in [0.05, 0.1) is 0 Å². The smallest absolute Gasteiger partial charge is 1.00 e. The molecule has 0 aromatic rings. The van der Waals surface area contributed by atoms with E-state index in [4.69, 9.17) is 77.0 Å². The van der Waals surface area contributed by atoms with Crippen LogP contribution < -0.4 is 115 Å². The monoisotopic (exact) mass is 548 g/mol. The van der Waals surface area contributed by atoms with E-state index in [2.05, 4.69) is 0 Å². The van der Waals surface area contributed by atoms with Crippen LogP contribution in [0, 0.1) is 0 Å². The van der Waals surface area contributed by atoms with E-state index in [0.29, 0.717) is 0 Å². The Hall–Kier alpha value is 4.38. The summed E-state index contributed by atoms with van der Waals surface area (Å²) in [5.41, 5.74) is 0. The molecule has 0 N–H and O–H groups in total. The first kappa shape index (κ1) is 63.1. The molecule has 26 heteroatoms. The maximum Gasteiger partial charge on any atom is 4.00 e. The van der Waals surface area contributed by atoms with Gasteiger partial charge in [0.2, 0.25) is 0 Å². The summed E-state index contributed by atoms with van der Waals surface area (Å²) in [7, 11) is -21.6. The molecule has 0 aliphatic rings. The van der Waals surface area contributed by atoms with E-state index in [0.717, 1.165) is 0 Å². The number of phosphoric acid groups is 4. The molecule has 0 saturated heterocycles. The van der Waals surface area contributed by atoms with Crippen molar-refractivity contribution in [2.75, 3.05) is 0 Å². The Kier molecular flexibility index (Phi) is 71.3. The molecule has 0 spiro atoms. The van der Waals surface area contributed by atoms with E-state index in [-0.39, 0.29) is 126 Å². The molecule has 0 aliphatic heterocycles. The molecule has 0 aromatic carbocycles. The van der Waals surface area contributed by atoms with Crippen LogP contribution in [-0.2, 0) is 83.4 Å². The number of hydrogen-bond donors (Lipinski definition) is 0. The molecule has 0 unspecified atom stereocenters. The Morgan fingerprint density at radius 1 is 0.346 bits per heavy atom. The predicted molar refractivity (Wildman–Crippen MR) is 33.8 cm³/mol. The Morgan fingerprint density at radius 3 is 0.346 bits per heavy atom. The molecule has 0 aliphatic carbocycles. The topological polar surface area (TPSA) is 345 Å². The minimum absolute atomic E-state index is 0. The third-order valence-corrected chi connectivity index (χ3v) is 0. The summed E-state index contributed by atoms with van der Waals surface area (Å²) in [4.78, 5) is 103. The van der Waals surface area contributed by atoms with Gasteiger partial charge in [-0.3, -0.25) is 0 Å². The summed E-state index contributed by atoms with van der Waals surface area (Å²) in [6.45, 7) is 0. The zero-order valence-corrected chi connectivity index (χ0v) is 21.1. The normalized spacial score (nSPS) is 9.08. The second kappa shape index (κ2) is 29.4. The summed E-state index contributed by atoms with van der Waals surface area (Å²) in [5, 5.41) is 0. The van der Waals surface area contributed by atoms with E-state index in [1.54, 1.807) is 0 Å². The number of rotatable bonds is 0. The fraction of sp³-hybridized carbons (Fsp3) is 0. The maximum atomic E-state index is 8.55. The summed E-state index contributed by atoms with van der Waals surface area (Å²) in [5.74, 6) is 0. The van der Waals surface area contributed by atoms with Crippen molar-refractivity contribution in [3.05, 3.63) is 0 Å². The Morgan fingerprint density at radius 2 is 0.346 bits per heavy atom. The van der Waals surface area contributed by atoms with Crippen molar-refractivity contribution in [1.82, 2.24) is 0 Å². The van der Waals surface area contributed by atoms with Gasteiger partial charge in [0, 0.05) is 0 Å². The molecule has 0 bridgehead atoms. The van der Waals surface area contributed by atoms with Gasteiger partial charge in [-0.2, -0.15) is 31.3 Å². The van der Waals surface area contributed by atoms with E-state index in [9.17, 15) is 0 Å². The first-order valence-corrected chi connectivity index (χ1v) is 8.76. The quantitative estimate of drug-likeness (QED) is 0.200. The van der Waals surface area contributed by atoms with Crippen LogP contribution in [0.25, 0.3) is 0 Å². The molecule has 0 atom stereocenters. The average Bonchev–Trinajstić information content (AvgIpc) is 1.62. The van der Waals surface area contributed by atoms with Crippen LogP contribution in [0.3, 0.4) is 0 Å². The molecule has 16 nitrogen and oxygen atoms in total. The summed E-state index contributed by atoms with van der Waals surface area (Å²) < 4.78 is 34.2. The van der Waals surface area contributed by atoms with Gasteiger partial charge < -0.3 is 81.3 Å². The van der Waals surface area contributed by atoms with Crippen molar-refractivity contribution in [2.24, 2.45) is 0 Å². The van der Waals surface area contributed by atoms with Gasteiger partial charge in [-0.15, -0.1) is 0 Å². The average molecular weight is 547 g/mol. The van der Waals surface area contributed by atoms with Gasteiger partial charge in [0.15, 0.2) is 0 Å². The molecule has 0 aromatic heterocycles. The number of hydrogen-bond acceptors (Lipinski definition) is 16. The van der Waals surface area contributed by atoms with Crippen LogP contribution in [0.1, 0.15) is 4.28 Å². The van der Waals surface area contributed by atoms with Crippen LogP contribution in [0.15, 0.2) is 0 Å². The van der Waals surface area contributed by atoms with E-state index in [1.165, 1.54) is 0 Å². The zero-order chi connectivity index (χ0) is 18.0. The van der Waals surface area contributed by atoms with Crippen molar-refractivity contribution in [3.8, 4) is 0 Å². The molecule has 0 rings (SSSR count). The molecule has 0 fully saturated rings. The summed E-state index contributed by atoms with van der Waals surface area (Å²) >= 11 is 0. The van der Waals surface area contributed by atoms with Crippen LogP contribution >= 0.6 is 31.3 Å². The van der Waals surface area contributed by atoms with Crippen LogP contribution in [0.4, 0.5) is 0 Å². The van der Waals surface area contributed by atoms with Gasteiger partial charge in [-0.1, -0.05) is 0 Å².